The van der Waals surface area contributed by atoms with Crippen molar-refractivity contribution in [2.24, 2.45) is 7.05 Å². The van der Waals surface area contributed by atoms with Crippen LogP contribution in [0.3, 0.4) is 0 Å². The molecular formula is C25H30N8O2. The van der Waals surface area contributed by atoms with Crippen molar-refractivity contribution in [3.63, 3.8) is 0 Å². The Morgan fingerprint density at radius 2 is 1.94 bits per heavy atom. The van der Waals surface area contributed by atoms with E-state index in [1.54, 1.807) is 0 Å². The Labute approximate surface area is 204 Å². The highest BCUT2D eigenvalue weighted by Crippen LogP contribution is 2.28. The standard InChI is InChI=1S/C25H30N8O2/c1-4-33-17(2)19(15-28-33)23-30-21-22(26-16-27-24(21)31(23)3)29-20(14-18-8-6-5-7-9-18)25(34)32-10-12-35-13-11-32/h5-9,15-16,20H,4,10-14H2,1-3H3,(H,26,27,29)/t20-/m0/s1. The number of carbonyl (C=O) groups excluding carboxylic acids is 1. The quantitative estimate of drug-likeness (QED) is 0.439. The predicted octanol–water partition coefficient (Wildman–Crippen LogP) is 2.44. The second-order valence-electron chi connectivity index (χ2n) is 8.67. The maximum absolute atomic E-state index is 13.5. The molecule has 4 heterocycles. The first-order valence-electron chi connectivity index (χ1n) is 11.9. The molecule has 35 heavy (non-hydrogen) atoms. The Balaban J connectivity index is 1.51. The molecule has 3 aromatic heterocycles. The summed E-state index contributed by atoms with van der Waals surface area (Å²) in [5.41, 5.74) is 4.38. The lowest BCUT2D eigenvalue weighted by Crippen LogP contribution is -2.48. The molecule has 1 atom stereocenters. The molecule has 0 bridgehead atoms. The minimum Gasteiger partial charge on any atom is -0.378 e. The molecule has 4 aromatic rings. The van der Waals surface area contributed by atoms with Crippen LogP contribution in [0.2, 0.25) is 0 Å². The van der Waals surface area contributed by atoms with Crippen molar-refractivity contribution in [2.75, 3.05) is 31.6 Å². The van der Waals surface area contributed by atoms with Crippen molar-refractivity contribution in [2.45, 2.75) is 32.9 Å². The molecule has 0 radical (unpaired) electrons. The number of aromatic nitrogens is 6. The molecule has 0 spiro atoms. The van der Waals surface area contributed by atoms with E-state index < -0.39 is 6.04 Å². The third kappa shape index (κ3) is 4.49. The molecule has 1 amide bonds. The van der Waals surface area contributed by atoms with Crippen LogP contribution in [0.4, 0.5) is 5.82 Å². The lowest BCUT2D eigenvalue weighted by molar-refractivity contribution is -0.136. The average molecular weight is 475 g/mol. The normalized spacial score (nSPS) is 14.9. The largest absolute Gasteiger partial charge is 0.378 e. The molecular weight excluding hydrogens is 444 g/mol. The zero-order valence-electron chi connectivity index (χ0n) is 20.3. The number of ether oxygens (including phenoxy) is 1. The fourth-order valence-corrected chi connectivity index (χ4v) is 4.55. The molecule has 1 aromatic carbocycles. The van der Waals surface area contributed by atoms with Gasteiger partial charge in [0.1, 0.15) is 18.2 Å². The van der Waals surface area contributed by atoms with Crippen molar-refractivity contribution in [1.82, 2.24) is 34.2 Å². The van der Waals surface area contributed by atoms with Crippen LogP contribution in [0.25, 0.3) is 22.6 Å². The first-order chi connectivity index (χ1) is 17.1. The number of hydrogen-bond acceptors (Lipinski definition) is 7. The number of nitrogens with one attached hydrogen (secondary N) is 1. The summed E-state index contributed by atoms with van der Waals surface area (Å²) >= 11 is 0. The van der Waals surface area contributed by atoms with Crippen molar-refractivity contribution in [3.05, 3.63) is 54.1 Å². The number of hydrogen-bond donors (Lipinski definition) is 1. The molecule has 5 rings (SSSR count). The van der Waals surface area contributed by atoms with Gasteiger partial charge >= 0.3 is 0 Å². The van der Waals surface area contributed by atoms with Gasteiger partial charge in [-0.05, 0) is 19.4 Å². The number of morpholine rings is 1. The van der Waals surface area contributed by atoms with E-state index in [1.807, 2.05) is 64.6 Å². The van der Waals surface area contributed by atoms with Gasteiger partial charge in [-0.15, -0.1) is 0 Å². The summed E-state index contributed by atoms with van der Waals surface area (Å²) in [7, 11) is 1.94. The van der Waals surface area contributed by atoms with Crippen molar-refractivity contribution in [1.29, 1.82) is 0 Å². The van der Waals surface area contributed by atoms with Crippen LogP contribution in [0.5, 0.6) is 0 Å². The average Bonchev–Trinajstić information content (AvgIpc) is 3.43. The Hall–Kier alpha value is -3.79. The molecule has 10 heteroatoms. The second kappa shape index (κ2) is 9.83. The maximum Gasteiger partial charge on any atom is 0.245 e. The van der Waals surface area contributed by atoms with Gasteiger partial charge in [-0.25, -0.2) is 15.0 Å². The second-order valence-corrected chi connectivity index (χ2v) is 8.67. The Kier molecular flexibility index (Phi) is 6.45. The molecule has 1 saturated heterocycles. The number of aryl methyl sites for hydroxylation is 2. The lowest BCUT2D eigenvalue weighted by Gasteiger charge is -2.31. The van der Waals surface area contributed by atoms with E-state index in [9.17, 15) is 4.79 Å². The fourth-order valence-electron chi connectivity index (χ4n) is 4.55. The number of nitrogens with zero attached hydrogens (tertiary/aromatic N) is 7. The van der Waals surface area contributed by atoms with Crippen molar-refractivity contribution in [3.8, 4) is 11.4 Å². The molecule has 0 aliphatic carbocycles. The monoisotopic (exact) mass is 474 g/mol. The number of imidazole rings is 1. The van der Waals surface area contributed by atoms with E-state index in [0.29, 0.717) is 49.7 Å². The summed E-state index contributed by atoms with van der Waals surface area (Å²) in [5, 5.41) is 7.88. The summed E-state index contributed by atoms with van der Waals surface area (Å²) in [4.78, 5) is 29.3. The number of rotatable bonds is 7. The highest BCUT2D eigenvalue weighted by atomic mass is 16.5. The van der Waals surface area contributed by atoms with Gasteiger partial charge in [0.2, 0.25) is 5.91 Å². The van der Waals surface area contributed by atoms with Gasteiger partial charge in [0.05, 0.1) is 25.0 Å². The van der Waals surface area contributed by atoms with Gasteiger partial charge in [-0.3, -0.25) is 9.48 Å². The molecule has 182 valence electrons. The summed E-state index contributed by atoms with van der Waals surface area (Å²) in [6.07, 6.45) is 3.88. The molecule has 1 fully saturated rings. The first-order valence-corrected chi connectivity index (χ1v) is 11.9. The van der Waals surface area contributed by atoms with Crippen LogP contribution >= 0.6 is 0 Å². The van der Waals surface area contributed by atoms with E-state index >= 15 is 0 Å². The number of anilines is 1. The number of fused-ring (bicyclic) bond motifs is 1. The molecule has 0 saturated carbocycles. The van der Waals surface area contributed by atoms with Crippen molar-refractivity contribution >= 4 is 22.9 Å². The molecule has 1 aliphatic heterocycles. The summed E-state index contributed by atoms with van der Waals surface area (Å²) in [6.45, 7) is 7.15. The molecule has 0 unspecified atom stereocenters. The zero-order chi connectivity index (χ0) is 24.4. The molecule has 1 aliphatic rings. The van der Waals surface area contributed by atoms with E-state index in [1.165, 1.54) is 6.33 Å². The summed E-state index contributed by atoms with van der Waals surface area (Å²) in [6, 6.07) is 9.51. The third-order valence-electron chi connectivity index (χ3n) is 6.51. The Bertz CT molecular complexity index is 1320. The molecule has 1 N–H and O–H groups in total. The number of carbonyl (C=O) groups is 1. The van der Waals surface area contributed by atoms with Crippen LogP contribution in [0, 0.1) is 6.92 Å². The van der Waals surface area contributed by atoms with E-state index in [2.05, 4.69) is 27.3 Å². The predicted molar refractivity (Wildman–Crippen MR) is 133 cm³/mol. The van der Waals surface area contributed by atoms with Gasteiger partial charge in [0.25, 0.3) is 0 Å². The minimum atomic E-state index is -0.497. The Morgan fingerprint density at radius 3 is 2.66 bits per heavy atom. The topological polar surface area (TPSA) is 103 Å². The van der Waals surface area contributed by atoms with Crippen LogP contribution < -0.4 is 5.32 Å². The summed E-state index contributed by atoms with van der Waals surface area (Å²) < 4.78 is 9.33. The number of amides is 1. The zero-order valence-corrected chi connectivity index (χ0v) is 20.3. The van der Waals surface area contributed by atoms with Crippen LogP contribution in [-0.4, -0.2) is 72.5 Å². The molecule has 10 nitrogen and oxygen atoms in total. The van der Waals surface area contributed by atoms with Gasteiger partial charge in [-0.1, -0.05) is 30.3 Å². The van der Waals surface area contributed by atoms with Gasteiger partial charge in [-0.2, -0.15) is 5.10 Å². The summed E-state index contributed by atoms with van der Waals surface area (Å²) in [5.74, 6) is 1.33. The SMILES string of the molecule is CCn1ncc(-c2nc3c(N[C@@H](Cc4ccccc4)C(=O)N4CCOCC4)ncnc3n2C)c1C. The van der Waals surface area contributed by atoms with E-state index in [4.69, 9.17) is 9.72 Å². The smallest absolute Gasteiger partial charge is 0.245 e. The lowest BCUT2D eigenvalue weighted by atomic mass is 10.0. The van der Waals surface area contributed by atoms with Gasteiger partial charge in [0.15, 0.2) is 17.0 Å². The van der Waals surface area contributed by atoms with Crippen LogP contribution in [0.1, 0.15) is 18.2 Å². The maximum atomic E-state index is 13.5. The van der Waals surface area contributed by atoms with Crippen molar-refractivity contribution < 1.29 is 9.53 Å². The minimum absolute atomic E-state index is 0.0279. The van der Waals surface area contributed by atoms with E-state index in [0.717, 1.165) is 29.2 Å². The first kappa shape index (κ1) is 23.0. The van der Waals surface area contributed by atoms with E-state index in [-0.39, 0.29) is 5.91 Å². The number of benzene rings is 1. The van der Waals surface area contributed by atoms with Crippen LogP contribution in [0.15, 0.2) is 42.9 Å². The van der Waals surface area contributed by atoms with Crippen LogP contribution in [-0.2, 0) is 29.5 Å². The highest BCUT2D eigenvalue weighted by molar-refractivity contribution is 5.90. The fraction of sp³-hybridized carbons (Fsp3) is 0.400. The third-order valence-corrected chi connectivity index (χ3v) is 6.51. The van der Waals surface area contributed by atoms with Gasteiger partial charge in [0, 0.05) is 38.8 Å². The Morgan fingerprint density at radius 1 is 1.17 bits per heavy atom. The highest BCUT2D eigenvalue weighted by Gasteiger charge is 2.28. The van der Waals surface area contributed by atoms with Gasteiger partial charge < -0.3 is 19.5 Å².